The lowest BCUT2D eigenvalue weighted by Gasteiger charge is -2.13. The molecule has 0 radical (unpaired) electrons. The summed E-state index contributed by atoms with van der Waals surface area (Å²) < 4.78 is 24.2. The molecular weight excluding hydrogens is 341 g/mol. The van der Waals surface area contributed by atoms with Crippen molar-refractivity contribution in [2.24, 2.45) is 0 Å². The highest BCUT2D eigenvalue weighted by molar-refractivity contribution is 9.10. The lowest BCUT2D eigenvalue weighted by Crippen LogP contribution is -2.02. The zero-order chi connectivity index (χ0) is 15.4. The number of ether oxygens (including phenoxy) is 2. The summed E-state index contributed by atoms with van der Waals surface area (Å²) >= 11 is 3.35. The van der Waals surface area contributed by atoms with Crippen LogP contribution in [0.2, 0.25) is 0 Å². The minimum atomic E-state index is -0.318. The van der Waals surface area contributed by atoms with Gasteiger partial charge in [-0.05, 0) is 51.8 Å². The van der Waals surface area contributed by atoms with Crippen molar-refractivity contribution in [1.82, 2.24) is 0 Å². The van der Waals surface area contributed by atoms with Gasteiger partial charge in [0.05, 0.1) is 19.9 Å². The van der Waals surface area contributed by atoms with E-state index in [0.717, 1.165) is 10.0 Å². The average molecular weight is 356 g/mol. The minimum Gasteiger partial charge on any atom is -0.502 e. The zero-order valence-electron chi connectivity index (χ0n) is 11.6. The predicted molar refractivity (Wildman–Crippen MR) is 82.6 cm³/mol. The highest BCUT2D eigenvalue weighted by Gasteiger charge is 2.11. The number of halogens is 2. The molecule has 0 aromatic heterocycles. The Hall–Kier alpha value is -1.95. The molecule has 2 aromatic carbocycles. The van der Waals surface area contributed by atoms with Crippen molar-refractivity contribution in [2.75, 3.05) is 19.5 Å². The fraction of sp³-hybridized carbons (Fsp3) is 0.200. The molecule has 2 rings (SSSR count). The van der Waals surface area contributed by atoms with Crippen molar-refractivity contribution >= 4 is 21.6 Å². The van der Waals surface area contributed by atoms with E-state index >= 15 is 0 Å². The van der Waals surface area contributed by atoms with Gasteiger partial charge in [-0.15, -0.1) is 0 Å². The van der Waals surface area contributed by atoms with Crippen LogP contribution in [-0.4, -0.2) is 19.3 Å². The molecule has 0 heterocycles. The van der Waals surface area contributed by atoms with Gasteiger partial charge in [0.2, 0.25) is 5.75 Å². The van der Waals surface area contributed by atoms with Crippen molar-refractivity contribution in [3.8, 4) is 17.2 Å². The maximum atomic E-state index is 13.2. The standard InChI is InChI=1S/C15H15BrFNO3/c1-20-13-5-9(6-14(21-2)15(13)19)8-18-12-7-10(17)3-4-11(12)16/h3-7,18-19H,8H2,1-2H3. The van der Waals surface area contributed by atoms with Crippen LogP contribution in [0.25, 0.3) is 0 Å². The van der Waals surface area contributed by atoms with Gasteiger partial charge in [0.15, 0.2) is 11.5 Å². The number of anilines is 1. The molecule has 0 aliphatic carbocycles. The number of phenols is 1. The molecule has 0 bridgehead atoms. The molecule has 0 fully saturated rings. The summed E-state index contributed by atoms with van der Waals surface area (Å²) in [5, 5.41) is 13.0. The molecule has 0 saturated heterocycles. The fourth-order valence-corrected chi connectivity index (χ4v) is 2.27. The maximum absolute atomic E-state index is 13.2. The van der Waals surface area contributed by atoms with Gasteiger partial charge in [-0.2, -0.15) is 0 Å². The van der Waals surface area contributed by atoms with Crippen LogP contribution in [0, 0.1) is 5.82 Å². The molecule has 112 valence electrons. The number of aromatic hydroxyl groups is 1. The van der Waals surface area contributed by atoms with E-state index in [1.807, 2.05) is 0 Å². The molecule has 4 nitrogen and oxygen atoms in total. The van der Waals surface area contributed by atoms with Crippen LogP contribution in [0.3, 0.4) is 0 Å². The third kappa shape index (κ3) is 3.58. The number of rotatable bonds is 5. The first-order valence-corrected chi connectivity index (χ1v) is 6.97. The number of hydrogen-bond donors (Lipinski definition) is 2. The Morgan fingerprint density at radius 2 is 1.76 bits per heavy atom. The maximum Gasteiger partial charge on any atom is 0.200 e. The summed E-state index contributed by atoms with van der Waals surface area (Å²) in [7, 11) is 2.93. The third-order valence-electron chi connectivity index (χ3n) is 2.95. The number of benzene rings is 2. The fourth-order valence-electron chi connectivity index (χ4n) is 1.88. The van der Waals surface area contributed by atoms with Gasteiger partial charge in [0.1, 0.15) is 5.82 Å². The van der Waals surface area contributed by atoms with E-state index in [1.54, 1.807) is 18.2 Å². The quantitative estimate of drug-likeness (QED) is 0.853. The van der Waals surface area contributed by atoms with E-state index in [9.17, 15) is 9.50 Å². The van der Waals surface area contributed by atoms with Gasteiger partial charge in [-0.3, -0.25) is 0 Å². The Bertz CT molecular complexity index is 624. The van der Waals surface area contributed by atoms with Gasteiger partial charge in [0, 0.05) is 11.0 Å². The second kappa shape index (κ2) is 6.67. The molecule has 6 heteroatoms. The van der Waals surface area contributed by atoms with Gasteiger partial charge < -0.3 is 19.9 Å². The number of phenolic OH excluding ortho intramolecular Hbond substituents is 1. The predicted octanol–water partition coefficient (Wildman–Crippen LogP) is 3.92. The van der Waals surface area contributed by atoms with E-state index in [-0.39, 0.29) is 11.6 Å². The molecule has 0 saturated carbocycles. The summed E-state index contributed by atoms with van der Waals surface area (Å²) in [5.74, 6) is 0.283. The first-order valence-electron chi connectivity index (χ1n) is 6.18. The monoisotopic (exact) mass is 355 g/mol. The van der Waals surface area contributed by atoms with Crippen LogP contribution in [-0.2, 0) is 6.54 Å². The van der Waals surface area contributed by atoms with Crippen LogP contribution in [0.15, 0.2) is 34.8 Å². The van der Waals surface area contributed by atoms with Crippen LogP contribution < -0.4 is 14.8 Å². The molecule has 0 spiro atoms. The van der Waals surface area contributed by atoms with E-state index in [4.69, 9.17) is 9.47 Å². The lowest BCUT2D eigenvalue weighted by molar-refractivity contribution is 0.339. The lowest BCUT2D eigenvalue weighted by atomic mass is 10.1. The molecule has 2 N–H and O–H groups in total. The molecule has 0 atom stereocenters. The van der Waals surface area contributed by atoms with Gasteiger partial charge in [-0.1, -0.05) is 0 Å². The summed E-state index contributed by atoms with van der Waals surface area (Å²) in [4.78, 5) is 0. The zero-order valence-corrected chi connectivity index (χ0v) is 13.2. The van der Waals surface area contributed by atoms with Crippen molar-refractivity contribution in [3.63, 3.8) is 0 Å². The summed E-state index contributed by atoms with van der Waals surface area (Å²) in [6.45, 7) is 0.426. The molecular formula is C15H15BrFNO3. The molecule has 0 aliphatic rings. The topological polar surface area (TPSA) is 50.7 Å². The molecule has 0 amide bonds. The van der Waals surface area contributed by atoms with E-state index in [1.165, 1.54) is 26.4 Å². The molecule has 21 heavy (non-hydrogen) atoms. The van der Waals surface area contributed by atoms with Crippen LogP contribution in [0.1, 0.15) is 5.56 Å². The van der Waals surface area contributed by atoms with Crippen molar-refractivity contribution < 1.29 is 19.0 Å². The van der Waals surface area contributed by atoms with Crippen LogP contribution >= 0.6 is 15.9 Å². The van der Waals surface area contributed by atoms with Crippen molar-refractivity contribution in [1.29, 1.82) is 0 Å². The normalized spacial score (nSPS) is 10.3. The average Bonchev–Trinajstić information content (AvgIpc) is 2.49. The Labute approximate surface area is 130 Å². The Kier molecular flexibility index (Phi) is 4.90. The molecule has 0 unspecified atom stereocenters. The number of hydrogen-bond acceptors (Lipinski definition) is 4. The van der Waals surface area contributed by atoms with Crippen molar-refractivity contribution in [2.45, 2.75) is 6.54 Å². The van der Waals surface area contributed by atoms with Gasteiger partial charge in [0.25, 0.3) is 0 Å². The van der Waals surface area contributed by atoms with Crippen LogP contribution in [0.4, 0.5) is 10.1 Å². The Morgan fingerprint density at radius 3 is 2.33 bits per heavy atom. The highest BCUT2D eigenvalue weighted by Crippen LogP contribution is 2.37. The first-order chi connectivity index (χ1) is 10.0. The number of nitrogens with one attached hydrogen (secondary N) is 1. The smallest absolute Gasteiger partial charge is 0.200 e. The summed E-state index contributed by atoms with van der Waals surface area (Å²) in [6.07, 6.45) is 0. The first kappa shape index (κ1) is 15.4. The van der Waals surface area contributed by atoms with Crippen molar-refractivity contribution in [3.05, 3.63) is 46.2 Å². The van der Waals surface area contributed by atoms with Crippen LogP contribution in [0.5, 0.6) is 17.2 Å². The summed E-state index contributed by atoms with van der Waals surface area (Å²) in [5.41, 5.74) is 1.47. The van der Waals surface area contributed by atoms with E-state index in [0.29, 0.717) is 23.7 Å². The molecule has 2 aromatic rings. The van der Waals surface area contributed by atoms with E-state index in [2.05, 4.69) is 21.2 Å². The highest BCUT2D eigenvalue weighted by atomic mass is 79.9. The number of methoxy groups -OCH3 is 2. The molecule has 0 aliphatic heterocycles. The van der Waals surface area contributed by atoms with E-state index < -0.39 is 0 Å². The third-order valence-corrected chi connectivity index (χ3v) is 3.64. The van der Waals surface area contributed by atoms with Gasteiger partial charge >= 0.3 is 0 Å². The Morgan fingerprint density at radius 1 is 1.14 bits per heavy atom. The second-order valence-corrected chi connectivity index (χ2v) is 5.18. The SMILES string of the molecule is COc1cc(CNc2cc(F)ccc2Br)cc(OC)c1O. The summed E-state index contributed by atoms with van der Waals surface area (Å²) in [6, 6.07) is 7.80. The Balaban J connectivity index is 2.22. The largest absolute Gasteiger partial charge is 0.502 e. The second-order valence-electron chi connectivity index (χ2n) is 4.33. The minimum absolute atomic E-state index is 0.0457. The van der Waals surface area contributed by atoms with Gasteiger partial charge in [-0.25, -0.2) is 4.39 Å².